The Bertz CT molecular complexity index is 1240. The molecule has 0 spiro atoms. The second-order valence-corrected chi connectivity index (χ2v) is 7.74. The summed E-state index contributed by atoms with van der Waals surface area (Å²) in [7, 11) is 1.63. The van der Waals surface area contributed by atoms with E-state index in [1.165, 1.54) is 12.1 Å². The number of hydrogen-bond donors (Lipinski definition) is 3. The molecule has 5 rings (SSSR count). The third kappa shape index (κ3) is 4.40. The van der Waals surface area contributed by atoms with Gasteiger partial charge in [0.1, 0.15) is 11.6 Å². The van der Waals surface area contributed by atoms with E-state index in [0.29, 0.717) is 17.7 Å². The number of nitrogens with two attached hydrogens (primary N) is 1. The zero-order chi connectivity index (χ0) is 22.8. The van der Waals surface area contributed by atoms with Crippen LogP contribution < -0.4 is 20.7 Å². The van der Waals surface area contributed by atoms with E-state index in [0.717, 1.165) is 42.0 Å². The summed E-state index contributed by atoms with van der Waals surface area (Å²) in [5.74, 6) is 1.96. The molecule has 1 unspecified atom stereocenters. The summed E-state index contributed by atoms with van der Waals surface area (Å²) in [4.78, 5) is 15.2. The minimum absolute atomic E-state index is 0.0484. The number of rotatable bonds is 6. The molecule has 9 nitrogen and oxygen atoms in total. The van der Waals surface area contributed by atoms with E-state index in [-0.39, 0.29) is 17.8 Å². The number of H-pyrrole nitrogens is 1. The summed E-state index contributed by atoms with van der Waals surface area (Å²) < 4.78 is 18.6. The molecule has 0 radical (unpaired) electrons. The number of nitrogens with zero attached hydrogens (tertiary/aromatic N) is 5. The number of benzene rings is 2. The van der Waals surface area contributed by atoms with Crippen LogP contribution >= 0.6 is 0 Å². The zero-order valence-corrected chi connectivity index (χ0v) is 18.0. The molecule has 10 heteroatoms. The number of anilines is 4. The van der Waals surface area contributed by atoms with Crippen molar-refractivity contribution in [2.24, 2.45) is 0 Å². The Morgan fingerprint density at radius 3 is 2.64 bits per heavy atom. The fraction of sp³-hybridized carbons (Fsp3) is 0.217. The van der Waals surface area contributed by atoms with Crippen LogP contribution in [-0.2, 0) is 0 Å². The van der Waals surface area contributed by atoms with E-state index in [4.69, 9.17) is 10.5 Å². The molecule has 0 saturated carbocycles. The fourth-order valence-corrected chi connectivity index (χ4v) is 4.02. The molecule has 2 aromatic carbocycles. The Morgan fingerprint density at radius 2 is 1.88 bits per heavy atom. The van der Waals surface area contributed by atoms with E-state index in [2.05, 4.69) is 35.4 Å². The molecule has 2 aromatic heterocycles. The molecule has 1 aliphatic heterocycles. The van der Waals surface area contributed by atoms with E-state index in [1.54, 1.807) is 19.2 Å². The Kier molecular flexibility index (Phi) is 5.47. The number of ether oxygens (including phenoxy) is 1. The molecular weight excluding hydrogens is 423 g/mol. The number of hydrogen-bond acceptors (Lipinski definition) is 8. The van der Waals surface area contributed by atoms with E-state index < -0.39 is 0 Å². The number of aromatic nitrogens is 5. The summed E-state index contributed by atoms with van der Waals surface area (Å²) in [6.45, 7) is 0.773. The monoisotopic (exact) mass is 446 g/mol. The maximum Gasteiger partial charge on any atom is 0.235 e. The largest absolute Gasteiger partial charge is 0.497 e. The lowest BCUT2D eigenvalue weighted by Gasteiger charge is -2.25. The van der Waals surface area contributed by atoms with Gasteiger partial charge in [-0.15, -0.1) is 0 Å². The van der Waals surface area contributed by atoms with E-state index >= 15 is 0 Å². The molecule has 1 fully saturated rings. The minimum atomic E-state index is -0.257. The van der Waals surface area contributed by atoms with Crippen molar-refractivity contribution in [3.05, 3.63) is 66.0 Å². The van der Waals surface area contributed by atoms with E-state index in [1.807, 2.05) is 30.3 Å². The van der Waals surface area contributed by atoms with Gasteiger partial charge >= 0.3 is 0 Å². The topological polar surface area (TPSA) is 118 Å². The first-order chi connectivity index (χ1) is 16.1. The summed E-state index contributed by atoms with van der Waals surface area (Å²) in [6.07, 6.45) is 1.89. The van der Waals surface area contributed by atoms with Crippen molar-refractivity contribution in [2.45, 2.75) is 18.9 Å². The smallest absolute Gasteiger partial charge is 0.235 e. The van der Waals surface area contributed by atoms with Crippen molar-refractivity contribution in [3.63, 3.8) is 0 Å². The maximum atomic E-state index is 13.4. The van der Waals surface area contributed by atoms with Crippen LogP contribution in [0.3, 0.4) is 0 Å². The number of nitrogens with one attached hydrogen (secondary N) is 2. The number of methoxy groups -OCH3 is 1. The molecule has 1 atom stereocenters. The lowest BCUT2D eigenvalue weighted by atomic mass is 10.0. The van der Waals surface area contributed by atoms with Crippen LogP contribution in [0, 0.1) is 5.82 Å². The average Bonchev–Trinajstić information content (AvgIpc) is 3.49. The van der Waals surface area contributed by atoms with Crippen molar-refractivity contribution in [1.29, 1.82) is 0 Å². The van der Waals surface area contributed by atoms with Gasteiger partial charge in [0.2, 0.25) is 17.8 Å². The average molecular weight is 446 g/mol. The normalized spacial score (nSPS) is 15.6. The van der Waals surface area contributed by atoms with Crippen LogP contribution in [0.25, 0.3) is 11.3 Å². The summed E-state index contributed by atoms with van der Waals surface area (Å²) >= 11 is 0. The van der Waals surface area contributed by atoms with Crippen molar-refractivity contribution in [2.75, 3.05) is 29.6 Å². The molecule has 0 bridgehead atoms. The van der Waals surface area contributed by atoms with Gasteiger partial charge in [-0.25, -0.2) is 4.39 Å². The van der Waals surface area contributed by atoms with Gasteiger partial charge in [-0.05, 0) is 60.4 Å². The SMILES string of the molecule is COc1ccc(-c2cc(Nc3nc(N)nc(N4CCCC4c4ccc(F)cc4)n3)n[nH]2)cc1. The highest BCUT2D eigenvalue weighted by molar-refractivity contribution is 5.65. The molecule has 4 N–H and O–H groups in total. The van der Waals surface area contributed by atoms with Crippen LogP contribution in [0.5, 0.6) is 5.75 Å². The standard InChI is InChI=1S/C23H23FN8O/c1-33-17-10-6-14(7-11-17)18-13-20(31-30-18)26-22-27-21(25)28-23(29-22)32-12-2-3-19(32)15-4-8-16(24)9-5-15/h4-11,13,19H,2-3,12H2,1H3,(H4,25,26,27,28,29,30,31). The second kappa shape index (κ2) is 8.73. The first-order valence-electron chi connectivity index (χ1n) is 10.6. The molecular formula is C23H23FN8O. The molecule has 3 heterocycles. The van der Waals surface area contributed by atoms with E-state index in [9.17, 15) is 4.39 Å². The van der Waals surface area contributed by atoms with Crippen LogP contribution in [0.1, 0.15) is 24.4 Å². The lowest BCUT2D eigenvalue weighted by molar-refractivity contribution is 0.415. The van der Waals surface area contributed by atoms with Crippen molar-refractivity contribution < 1.29 is 9.13 Å². The highest BCUT2D eigenvalue weighted by atomic mass is 19.1. The quantitative estimate of drug-likeness (QED) is 0.406. The Labute approximate surface area is 189 Å². The highest BCUT2D eigenvalue weighted by Crippen LogP contribution is 2.35. The molecule has 168 valence electrons. The van der Waals surface area contributed by atoms with Crippen LogP contribution in [0.4, 0.5) is 28.1 Å². The third-order valence-corrected chi connectivity index (χ3v) is 5.62. The Hall–Kier alpha value is -4.21. The van der Waals surface area contributed by atoms with Gasteiger partial charge in [-0.2, -0.15) is 20.1 Å². The van der Waals surface area contributed by atoms with Crippen LogP contribution in [-0.4, -0.2) is 38.8 Å². The van der Waals surface area contributed by atoms with Crippen molar-refractivity contribution in [1.82, 2.24) is 25.1 Å². The second-order valence-electron chi connectivity index (χ2n) is 7.74. The molecule has 4 aromatic rings. The molecule has 1 aliphatic rings. The number of nitrogen functional groups attached to an aromatic ring is 1. The molecule has 33 heavy (non-hydrogen) atoms. The van der Waals surface area contributed by atoms with Gasteiger partial charge in [0.05, 0.1) is 18.8 Å². The fourth-order valence-electron chi connectivity index (χ4n) is 4.02. The van der Waals surface area contributed by atoms with Gasteiger partial charge in [-0.3, -0.25) is 5.10 Å². The Balaban J connectivity index is 1.37. The van der Waals surface area contributed by atoms with Gasteiger partial charge in [0.25, 0.3) is 0 Å². The zero-order valence-electron chi connectivity index (χ0n) is 18.0. The van der Waals surface area contributed by atoms with Gasteiger partial charge in [-0.1, -0.05) is 12.1 Å². The first kappa shape index (κ1) is 20.7. The maximum absolute atomic E-state index is 13.4. The predicted molar refractivity (Wildman–Crippen MR) is 124 cm³/mol. The number of halogens is 1. The van der Waals surface area contributed by atoms with Crippen molar-refractivity contribution in [3.8, 4) is 17.0 Å². The van der Waals surface area contributed by atoms with Crippen molar-refractivity contribution >= 4 is 23.7 Å². The highest BCUT2D eigenvalue weighted by Gasteiger charge is 2.29. The summed E-state index contributed by atoms with van der Waals surface area (Å²) in [5, 5.41) is 10.4. The van der Waals surface area contributed by atoms with Crippen LogP contribution in [0.2, 0.25) is 0 Å². The van der Waals surface area contributed by atoms with Gasteiger partial charge in [0.15, 0.2) is 5.82 Å². The molecule has 1 saturated heterocycles. The van der Waals surface area contributed by atoms with Gasteiger partial charge in [0, 0.05) is 12.6 Å². The predicted octanol–water partition coefficient (Wildman–Crippen LogP) is 4.08. The minimum Gasteiger partial charge on any atom is -0.497 e. The lowest BCUT2D eigenvalue weighted by Crippen LogP contribution is -2.25. The Morgan fingerprint density at radius 1 is 1.09 bits per heavy atom. The third-order valence-electron chi connectivity index (χ3n) is 5.62. The van der Waals surface area contributed by atoms with Gasteiger partial charge < -0.3 is 20.7 Å². The summed E-state index contributed by atoms with van der Waals surface area (Å²) in [5.41, 5.74) is 8.80. The first-order valence-corrected chi connectivity index (χ1v) is 10.6. The number of aromatic amines is 1. The molecule has 0 aliphatic carbocycles. The summed E-state index contributed by atoms with van der Waals surface area (Å²) in [6, 6.07) is 16.1. The molecule has 0 amide bonds. The van der Waals surface area contributed by atoms with Crippen LogP contribution in [0.15, 0.2) is 54.6 Å².